The van der Waals surface area contributed by atoms with Crippen molar-refractivity contribution < 1.29 is 19.5 Å². The van der Waals surface area contributed by atoms with Crippen LogP contribution in [0.25, 0.3) is 0 Å². The molecular weight excluding hydrogens is 442 g/mol. The van der Waals surface area contributed by atoms with E-state index >= 15 is 0 Å². The summed E-state index contributed by atoms with van der Waals surface area (Å²) < 4.78 is 0. The second kappa shape index (κ2) is 10.7. The zero-order valence-corrected chi connectivity index (χ0v) is 20.4. The number of hydrogen-bond donors (Lipinski definition) is 3. The maximum atomic E-state index is 13.9. The molecule has 3 N–H and O–H groups in total. The molecule has 0 radical (unpaired) electrons. The lowest BCUT2D eigenvalue weighted by molar-refractivity contribution is -0.143. The Morgan fingerprint density at radius 3 is 2.36 bits per heavy atom. The number of rotatable bonds is 8. The molecule has 33 heavy (non-hydrogen) atoms. The van der Waals surface area contributed by atoms with E-state index in [0.29, 0.717) is 17.1 Å². The van der Waals surface area contributed by atoms with Crippen LogP contribution < -0.4 is 10.6 Å². The zero-order valence-electron chi connectivity index (χ0n) is 19.6. The summed E-state index contributed by atoms with van der Waals surface area (Å²) in [5.74, 6) is -2.57. The van der Waals surface area contributed by atoms with E-state index in [1.807, 2.05) is 32.9 Å². The minimum Gasteiger partial charge on any atom is -0.394 e. The molecule has 0 aromatic heterocycles. The average Bonchev–Trinajstić information content (AvgIpc) is 3.12. The standard InChI is InChI=1S/C25H34ClN3O4/c1-5-14(3)19(13-30)29-22(24(32)28-17-10-8-16(26)9-11-17)18-12-7-15(6-2)20(23(31)27-4)21(18)25(29)33/h7-12,14-15,18-22,30H,5-6,13H2,1-4H3,(H,27,31)(H,28,32)/t14-,15+,18-,19-,20+,21+,22-/m0/s1. The Hall–Kier alpha value is -2.38. The van der Waals surface area contributed by atoms with Crippen LogP contribution in [0, 0.1) is 29.6 Å². The highest BCUT2D eigenvalue weighted by atomic mass is 35.5. The van der Waals surface area contributed by atoms with Gasteiger partial charge in [-0.25, -0.2) is 0 Å². The van der Waals surface area contributed by atoms with E-state index in [9.17, 15) is 19.5 Å². The number of aliphatic hydroxyl groups excluding tert-OH is 1. The highest BCUT2D eigenvalue weighted by molar-refractivity contribution is 6.30. The fourth-order valence-corrected chi connectivity index (χ4v) is 5.41. The van der Waals surface area contributed by atoms with Crippen LogP contribution >= 0.6 is 11.6 Å². The number of benzene rings is 1. The molecule has 0 saturated carbocycles. The van der Waals surface area contributed by atoms with E-state index in [1.165, 1.54) is 0 Å². The van der Waals surface area contributed by atoms with Gasteiger partial charge < -0.3 is 20.6 Å². The highest BCUT2D eigenvalue weighted by Crippen LogP contribution is 2.46. The molecule has 180 valence electrons. The fraction of sp³-hybridized carbons (Fsp3) is 0.560. The number of halogens is 1. The number of nitrogens with one attached hydrogen (secondary N) is 2. The largest absolute Gasteiger partial charge is 0.394 e. The topological polar surface area (TPSA) is 98.7 Å². The van der Waals surface area contributed by atoms with Crippen molar-refractivity contribution in [3.05, 3.63) is 41.4 Å². The van der Waals surface area contributed by atoms with Crippen molar-refractivity contribution in [2.45, 2.75) is 45.7 Å². The molecule has 1 aromatic carbocycles. The summed E-state index contributed by atoms with van der Waals surface area (Å²) in [7, 11) is 1.57. The molecule has 1 aromatic rings. The monoisotopic (exact) mass is 475 g/mol. The summed E-state index contributed by atoms with van der Waals surface area (Å²) in [6.07, 6.45) is 5.34. The summed E-state index contributed by atoms with van der Waals surface area (Å²) in [6.45, 7) is 5.69. The number of nitrogens with zero attached hydrogens (tertiary/aromatic N) is 1. The fourth-order valence-electron chi connectivity index (χ4n) is 5.28. The Kier molecular flexibility index (Phi) is 8.19. The number of fused-ring (bicyclic) bond motifs is 1. The Morgan fingerprint density at radius 1 is 1.15 bits per heavy atom. The molecule has 0 bridgehead atoms. The van der Waals surface area contributed by atoms with E-state index in [4.69, 9.17) is 11.6 Å². The molecule has 0 unspecified atom stereocenters. The molecule has 0 spiro atoms. The Balaban J connectivity index is 2.05. The van der Waals surface area contributed by atoms with Gasteiger partial charge >= 0.3 is 0 Å². The van der Waals surface area contributed by atoms with Crippen LogP contribution in [0.5, 0.6) is 0 Å². The van der Waals surface area contributed by atoms with Crippen molar-refractivity contribution in [1.29, 1.82) is 0 Å². The smallest absolute Gasteiger partial charge is 0.247 e. The number of anilines is 1. The van der Waals surface area contributed by atoms with Gasteiger partial charge in [-0.1, -0.05) is 50.9 Å². The predicted octanol–water partition coefficient (Wildman–Crippen LogP) is 3.09. The number of hydrogen-bond acceptors (Lipinski definition) is 4. The van der Waals surface area contributed by atoms with Crippen molar-refractivity contribution in [3.63, 3.8) is 0 Å². The predicted molar refractivity (Wildman–Crippen MR) is 129 cm³/mol. The van der Waals surface area contributed by atoms with Gasteiger partial charge in [-0.3, -0.25) is 14.4 Å². The van der Waals surface area contributed by atoms with Gasteiger partial charge in [0.2, 0.25) is 17.7 Å². The summed E-state index contributed by atoms with van der Waals surface area (Å²) in [4.78, 5) is 41.9. The van der Waals surface area contributed by atoms with Crippen molar-refractivity contribution in [2.24, 2.45) is 29.6 Å². The number of carbonyl (C=O) groups is 3. The van der Waals surface area contributed by atoms with Crippen LogP contribution in [0.3, 0.4) is 0 Å². The zero-order chi connectivity index (χ0) is 24.3. The Morgan fingerprint density at radius 2 is 1.82 bits per heavy atom. The van der Waals surface area contributed by atoms with Crippen molar-refractivity contribution in [2.75, 3.05) is 19.0 Å². The van der Waals surface area contributed by atoms with Gasteiger partial charge in [-0.2, -0.15) is 0 Å². The molecule has 3 rings (SSSR count). The minimum absolute atomic E-state index is 0.0191. The van der Waals surface area contributed by atoms with Gasteiger partial charge in [0.05, 0.1) is 24.5 Å². The molecule has 7 nitrogen and oxygen atoms in total. The summed E-state index contributed by atoms with van der Waals surface area (Å²) in [5.41, 5.74) is 0.568. The minimum atomic E-state index is -0.828. The SMILES string of the molecule is CC[C@H](C)[C@H](CO)N1C(=O)[C@@H]2[C@H](C=C[C@@H](CC)[C@H]2C(=O)NC)[C@H]1C(=O)Nc1ccc(Cl)cc1. The lowest BCUT2D eigenvalue weighted by atomic mass is 9.69. The van der Waals surface area contributed by atoms with E-state index < -0.39 is 29.8 Å². The van der Waals surface area contributed by atoms with Gasteiger partial charge in [-0.15, -0.1) is 0 Å². The van der Waals surface area contributed by atoms with E-state index in [2.05, 4.69) is 10.6 Å². The molecule has 2 aliphatic rings. The van der Waals surface area contributed by atoms with Crippen LogP contribution in [-0.4, -0.2) is 53.5 Å². The van der Waals surface area contributed by atoms with Crippen LogP contribution in [-0.2, 0) is 14.4 Å². The van der Waals surface area contributed by atoms with E-state index in [1.54, 1.807) is 36.2 Å². The number of allylic oxidation sites excluding steroid dienone is 1. The lowest BCUT2D eigenvalue weighted by Crippen LogP contribution is -2.52. The first-order valence-corrected chi connectivity index (χ1v) is 12.1. The number of likely N-dealkylation sites (tertiary alicyclic amines) is 1. The number of amides is 3. The number of aliphatic hydroxyl groups is 1. The Bertz CT molecular complexity index is 903. The second-order valence-electron chi connectivity index (χ2n) is 9.02. The van der Waals surface area contributed by atoms with Gasteiger partial charge in [0, 0.05) is 23.7 Å². The molecule has 1 saturated heterocycles. The first-order valence-electron chi connectivity index (χ1n) is 11.7. The molecule has 7 atom stereocenters. The Labute approximate surface area is 200 Å². The van der Waals surface area contributed by atoms with Crippen LogP contribution in [0.1, 0.15) is 33.6 Å². The normalized spacial score (nSPS) is 28.2. The summed E-state index contributed by atoms with van der Waals surface area (Å²) >= 11 is 5.97. The first kappa shape index (κ1) is 25.2. The van der Waals surface area contributed by atoms with E-state index in [0.717, 1.165) is 6.42 Å². The van der Waals surface area contributed by atoms with Gasteiger partial charge in [0.1, 0.15) is 6.04 Å². The third-order valence-electron chi connectivity index (χ3n) is 7.29. The molecule has 1 fully saturated rings. The molecule has 8 heteroatoms. The maximum Gasteiger partial charge on any atom is 0.247 e. The van der Waals surface area contributed by atoms with E-state index in [-0.39, 0.29) is 36.2 Å². The van der Waals surface area contributed by atoms with Crippen molar-refractivity contribution in [1.82, 2.24) is 10.2 Å². The highest BCUT2D eigenvalue weighted by Gasteiger charge is 2.58. The average molecular weight is 476 g/mol. The lowest BCUT2D eigenvalue weighted by Gasteiger charge is -2.36. The van der Waals surface area contributed by atoms with Gasteiger partial charge in [-0.05, 0) is 42.5 Å². The summed E-state index contributed by atoms with van der Waals surface area (Å²) in [5, 5.41) is 16.4. The first-order chi connectivity index (χ1) is 15.8. The molecule has 1 heterocycles. The molecule has 1 aliphatic heterocycles. The van der Waals surface area contributed by atoms with Crippen molar-refractivity contribution in [3.8, 4) is 0 Å². The van der Waals surface area contributed by atoms with Gasteiger partial charge in [0.15, 0.2) is 0 Å². The molecule has 3 amide bonds. The second-order valence-corrected chi connectivity index (χ2v) is 9.46. The van der Waals surface area contributed by atoms with Crippen LogP contribution in [0.4, 0.5) is 5.69 Å². The third-order valence-corrected chi connectivity index (χ3v) is 7.55. The van der Waals surface area contributed by atoms with Crippen LogP contribution in [0.15, 0.2) is 36.4 Å². The molecular formula is C25H34ClN3O4. The summed E-state index contributed by atoms with van der Waals surface area (Å²) in [6, 6.07) is 5.42. The third kappa shape index (κ3) is 4.80. The van der Waals surface area contributed by atoms with Crippen molar-refractivity contribution >= 4 is 35.0 Å². The van der Waals surface area contributed by atoms with Crippen LogP contribution in [0.2, 0.25) is 5.02 Å². The van der Waals surface area contributed by atoms with Gasteiger partial charge in [0.25, 0.3) is 0 Å². The maximum absolute atomic E-state index is 13.9. The molecule has 1 aliphatic carbocycles. The quantitative estimate of drug-likeness (QED) is 0.503. The number of carbonyl (C=O) groups excluding carboxylic acids is 3.